The Morgan fingerprint density at radius 2 is 2.08 bits per heavy atom. The molecule has 0 aliphatic heterocycles. The molecular weight excluding hydrogens is 169 g/mol. The molecule has 5 heteroatoms. The van der Waals surface area contributed by atoms with Gasteiger partial charge in [0.25, 0.3) is 0 Å². The summed E-state index contributed by atoms with van der Waals surface area (Å²) in [6.07, 6.45) is -3.31. The van der Waals surface area contributed by atoms with Crippen LogP contribution in [0.4, 0.5) is 13.2 Å². The van der Waals surface area contributed by atoms with Gasteiger partial charge in [0.1, 0.15) is 5.82 Å². The molecule has 12 heavy (non-hydrogen) atoms. The lowest BCUT2D eigenvalue weighted by molar-refractivity contribution is -0.141. The molecule has 0 aliphatic carbocycles. The Bertz CT molecular complexity index is 275. The highest BCUT2D eigenvalue weighted by molar-refractivity contribution is 5.06. The minimum Gasteiger partial charge on any atom is -0.335 e. The SMILES string of the molecule is CCn1cc(C(F)(F)F)nc1C. The van der Waals surface area contributed by atoms with E-state index >= 15 is 0 Å². The second kappa shape index (κ2) is 2.80. The summed E-state index contributed by atoms with van der Waals surface area (Å²) in [5.74, 6) is 0.393. The number of nitrogens with zero attached hydrogens (tertiary/aromatic N) is 2. The van der Waals surface area contributed by atoms with Gasteiger partial charge in [-0.3, -0.25) is 0 Å². The van der Waals surface area contributed by atoms with Crippen molar-refractivity contribution < 1.29 is 13.2 Å². The third kappa shape index (κ3) is 1.60. The molecule has 1 rings (SSSR count). The number of aromatic nitrogens is 2. The van der Waals surface area contributed by atoms with Crippen LogP contribution >= 0.6 is 0 Å². The fourth-order valence-corrected chi connectivity index (χ4v) is 0.965. The molecule has 0 amide bonds. The van der Waals surface area contributed by atoms with Gasteiger partial charge >= 0.3 is 6.18 Å². The zero-order chi connectivity index (χ0) is 9.35. The van der Waals surface area contributed by atoms with Gasteiger partial charge in [-0.2, -0.15) is 13.2 Å². The molecule has 1 aromatic rings. The smallest absolute Gasteiger partial charge is 0.335 e. The summed E-state index contributed by atoms with van der Waals surface area (Å²) in [4.78, 5) is 3.39. The van der Waals surface area contributed by atoms with Crippen LogP contribution in [-0.4, -0.2) is 9.55 Å². The number of hydrogen-bond donors (Lipinski definition) is 0. The van der Waals surface area contributed by atoms with E-state index in [4.69, 9.17) is 0 Å². The highest BCUT2D eigenvalue weighted by Gasteiger charge is 2.33. The molecule has 0 radical (unpaired) electrons. The second-order valence-corrected chi connectivity index (χ2v) is 2.46. The Kier molecular flexibility index (Phi) is 2.12. The molecule has 0 unspecified atom stereocenters. The van der Waals surface area contributed by atoms with E-state index in [-0.39, 0.29) is 0 Å². The van der Waals surface area contributed by atoms with Gasteiger partial charge in [0.15, 0.2) is 5.69 Å². The van der Waals surface area contributed by atoms with Crippen LogP contribution in [-0.2, 0) is 12.7 Å². The quantitative estimate of drug-likeness (QED) is 0.644. The van der Waals surface area contributed by atoms with Crippen molar-refractivity contribution in [1.29, 1.82) is 0 Å². The third-order valence-corrected chi connectivity index (χ3v) is 1.61. The molecule has 0 aliphatic rings. The number of rotatable bonds is 1. The Morgan fingerprint density at radius 1 is 1.50 bits per heavy atom. The fourth-order valence-electron chi connectivity index (χ4n) is 0.965. The van der Waals surface area contributed by atoms with Gasteiger partial charge in [-0.05, 0) is 13.8 Å². The largest absolute Gasteiger partial charge is 0.434 e. The summed E-state index contributed by atoms with van der Waals surface area (Å²) < 4.78 is 37.6. The molecule has 0 bridgehead atoms. The molecule has 0 saturated heterocycles. The number of alkyl halides is 3. The van der Waals surface area contributed by atoms with Gasteiger partial charge in [0, 0.05) is 12.7 Å². The van der Waals surface area contributed by atoms with E-state index in [0.717, 1.165) is 6.20 Å². The van der Waals surface area contributed by atoms with Gasteiger partial charge in [-0.25, -0.2) is 4.98 Å². The number of imidazole rings is 1. The van der Waals surface area contributed by atoms with Crippen LogP contribution in [0.15, 0.2) is 6.20 Å². The van der Waals surface area contributed by atoms with Crippen molar-refractivity contribution in [2.24, 2.45) is 0 Å². The Balaban J connectivity index is 3.05. The summed E-state index contributed by atoms with van der Waals surface area (Å²) in [5.41, 5.74) is -0.818. The van der Waals surface area contributed by atoms with Crippen molar-refractivity contribution >= 4 is 0 Å². The molecule has 1 heterocycles. The Morgan fingerprint density at radius 3 is 2.33 bits per heavy atom. The van der Waals surface area contributed by atoms with Gasteiger partial charge in [-0.15, -0.1) is 0 Å². The highest BCUT2D eigenvalue weighted by Crippen LogP contribution is 2.27. The van der Waals surface area contributed by atoms with E-state index in [0.29, 0.717) is 12.4 Å². The van der Waals surface area contributed by atoms with Crippen LogP contribution < -0.4 is 0 Å². The summed E-state index contributed by atoms with van der Waals surface area (Å²) in [5, 5.41) is 0. The maximum atomic E-state index is 12.0. The molecule has 0 spiro atoms. The van der Waals surface area contributed by atoms with E-state index in [1.807, 2.05) is 0 Å². The zero-order valence-electron chi connectivity index (χ0n) is 6.81. The van der Waals surface area contributed by atoms with Crippen molar-refractivity contribution in [3.8, 4) is 0 Å². The summed E-state index contributed by atoms with van der Waals surface area (Å²) >= 11 is 0. The van der Waals surface area contributed by atoms with E-state index < -0.39 is 11.9 Å². The van der Waals surface area contributed by atoms with Gasteiger partial charge in [0.2, 0.25) is 0 Å². The van der Waals surface area contributed by atoms with Gasteiger partial charge in [0.05, 0.1) is 0 Å². The Labute approximate surface area is 68.0 Å². The first kappa shape index (κ1) is 9.09. The second-order valence-electron chi connectivity index (χ2n) is 2.46. The molecule has 1 aromatic heterocycles. The number of aryl methyl sites for hydroxylation is 2. The molecule has 0 N–H and O–H groups in total. The van der Waals surface area contributed by atoms with E-state index in [2.05, 4.69) is 4.98 Å². The number of hydrogen-bond acceptors (Lipinski definition) is 1. The standard InChI is InChI=1S/C7H9F3N2/c1-3-12-4-6(7(8,9)10)11-5(12)2/h4H,3H2,1-2H3. The molecule has 0 atom stereocenters. The predicted molar refractivity (Wildman–Crippen MR) is 37.6 cm³/mol. The lowest BCUT2D eigenvalue weighted by atomic mass is 10.5. The topological polar surface area (TPSA) is 17.8 Å². The molecule has 0 saturated carbocycles. The van der Waals surface area contributed by atoms with Crippen LogP contribution in [0.2, 0.25) is 0 Å². The fraction of sp³-hybridized carbons (Fsp3) is 0.571. The van der Waals surface area contributed by atoms with E-state index in [1.54, 1.807) is 13.8 Å². The Hall–Kier alpha value is -1.00. The van der Waals surface area contributed by atoms with Gasteiger partial charge in [-0.1, -0.05) is 0 Å². The summed E-state index contributed by atoms with van der Waals surface area (Å²) in [6, 6.07) is 0. The van der Waals surface area contributed by atoms with E-state index in [1.165, 1.54) is 4.57 Å². The first-order valence-electron chi connectivity index (χ1n) is 3.56. The van der Waals surface area contributed by atoms with Crippen molar-refractivity contribution in [3.05, 3.63) is 17.7 Å². The minimum atomic E-state index is -4.33. The maximum Gasteiger partial charge on any atom is 0.434 e. The predicted octanol–water partition coefficient (Wildman–Crippen LogP) is 2.23. The van der Waals surface area contributed by atoms with Crippen LogP contribution in [0.3, 0.4) is 0 Å². The average molecular weight is 178 g/mol. The first-order valence-corrected chi connectivity index (χ1v) is 3.56. The van der Waals surface area contributed by atoms with E-state index in [9.17, 15) is 13.2 Å². The third-order valence-electron chi connectivity index (χ3n) is 1.61. The summed E-state index contributed by atoms with van der Waals surface area (Å²) in [6.45, 7) is 3.84. The highest BCUT2D eigenvalue weighted by atomic mass is 19.4. The number of halogens is 3. The molecule has 0 fully saturated rings. The normalized spacial score (nSPS) is 12.1. The maximum absolute atomic E-state index is 12.0. The average Bonchev–Trinajstić information content (AvgIpc) is 2.29. The molecule has 0 aromatic carbocycles. The molecule has 2 nitrogen and oxygen atoms in total. The van der Waals surface area contributed by atoms with Crippen molar-refractivity contribution in [2.75, 3.05) is 0 Å². The van der Waals surface area contributed by atoms with Crippen LogP contribution in [0.25, 0.3) is 0 Å². The van der Waals surface area contributed by atoms with Crippen molar-refractivity contribution in [1.82, 2.24) is 9.55 Å². The first-order chi connectivity index (χ1) is 5.45. The van der Waals surface area contributed by atoms with Crippen LogP contribution in [0.5, 0.6) is 0 Å². The lowest BCUT2D eigenvalue weighted by Crippen LogP contribution is -2.04. The van der Waals surface area contributed by atoms with Crippen molar-refractivity contribution in [3.63, 3.8) is 0 Å². The van der Waals surface area contributed by atoms with Gasteiger partial charge < -0.3 is 4.57 Å². The monoisotopic (exact) mass is 178 g/mol. The lowest BCUT2D eigenvalue weighted by Gasteiger charge is -1.99. The summed E-state index contributed by atoms with van der Waals surface area (Å²) in [7, 11) is 0. The molecular formula is C7H9F3N2. The minimum absolute atomic E-state index is 0.393. The van der Waals surface area contributed by atoms with Crippen LogP contribution in [0, 0.1) is 6.92 Å². The molecule has 68 valence electrons. The zero-order valence-corrected chi connectivity index (χ0v) is 6.81. The van der Waals surface area contributed by atoms with Crippen LogP contribution in [0.1, 0.15) is 18.4 Å². The van der Waals surface area contributed by atoms with Crippen molar-refractivity contribution in [2.45, 2.75) is 26.6 Å².